The van der Waals surface area contributed by atoms with Gasteiger partial charge < -0.3 is 15.4 Å². The molecule has 0 saturated heterocycles. The number of urea groups is 1. The van der Waals surface area contributed by atoms with Crippen LogP contribution in [0.1, 0.15) is 5.56 Å². The van der Waals surface area contributed by atoms with E-state index in [2.05, 4.69) is 10.6 Å². The number of anilines is 1. The van der Waals surface area contributed by atoms with Gasteiger partial charge in [0.1, 0.15) is 17.3 Å². The van der Waals surface area contributed by atoms with Gasteiger partial charge in [0.15, 0.2) is 0 Å². The van der Waals surface area contributed by atoms with Gasteiger partial charge in [-0.25, -0.2) is 9.18 Å². The Balaban J connectivity index is 1.52. The zero-order valence-corrected chi connectivity index (χ0v) is 13.4. The molecule has 0 fully saturated rings. The van der Waals surface area contributed by atoms with Crippen LogP contribution in [0.3, 0.4) is 0 Å². The number of halogens is 1. The minimum absolute atomic E-state index is 0.119. The number of para-hydroxylation sites is 1. The van der Waals surface area contributed by atoms with Crippen molar-refractivity contribution in [1.29, 1.82) is 0 Å². The second kappa shape index (κ2) is 7.97. The van der Waals surface area contributed by atoms with Crippen molar-refractivity contribution in [1.82, 2.24) is 5.32 Å². The maximum absolute atomic E-state index is 13.5. The minimum Gasteiger partial charge on any atom is -0.457 e. The van der Waals surface area contributed by atoms with E-state index in [1.165, 1.54) is 6.07 Å². The Morgan fingerprint density at radius 3 is 2.20 bits per heavy atom. The van der Waals surface area contributed by atoms with Crippen molar-refractivity contribution in [2.45, 2.75) is 6.54 Å². The molecule has 2 N–H and O–H groups in total. The van der Waals surface area contributed by atoms with E-state index in [0.717, 1.165) is 5.75 Å². The van der Waals surface area contributed by atoms with Crippen LogP contribution in [0.25, 0.3) is 0 Å². The zero-order chi connectivity index (χ0) is 17.5. The molecule has 0 aromatic heterocycles. The van der Waals surface area contributed by atoms with E-state index in [1.54, 1.807) is 42.5 Å². The Kier molecular flexibility index (Phi) is 5.26. The Morgan fingerprint density at radius 2 is 1.48 bits per heavy atom. The van der Waals surface area contributed by atoms with E-state index in [4.69, 9.17) is 4.74 Å². The van der Waals surface area contributed by atoms with E-state index in [1.807, 2.05) is 30.3 Å². The summed E-state index contributed by atoms with van der Waals surface area (Å²) in [6.07, 6.45) is 0. The second-order valence-electron chi connectivity index (χ2n) is 5.34. The first kappa shape index (κ1) is 16.5. The van der Waals surface area contributed by atoms with Crippen LogP contribution >= 0.6 is 0 Å². The average Bonchev–Trinajstić information content (AvgIpc) is 2.64. The minimum atomic E-state index is -0.403. The van der Waals surface area contributed by atoms with Crippen molar-refractivity contribution in [3.05, 3.63) is 90.2 Å². The molecule has 0 atom stereocenters. The van der Waals surface area contributed by atoms with Crippen LogP contribution in [0.5, 0.6) is 11.5 Å². The van der Waals surface area contributed by atoms with Crippen molar-refractivity contribution in [3.63, 3.8) is 0 Å². The largest absolute Gasteiger partial charge is 0.457 e. The molecule has 25 heavy (non-hydrogen) atoms. The molecule has 0 unspecified atom stereocenters. The predicted octanol–water partition coefficient (Wildman–Crippen LogP) is 4.94. The molecular weight excluding hydrogens is 319 g/mol. The van der Waals surface area contributed by atoms with Crippen LogP contribution in [-0.4, -0.2) is 6.03 Å². The highest BCUT2D eigenvalue weighted by atomic mass is 19.1. The lowest BCUT2D eigenvalue weighted by atomic mass is 10.2. The fourth-order valence-corrected chi connectivity index (χ4v) is 2.22. The summed E-state index contributed by atoms with van der Waals surface area (Å²) in [6, 6.07) is 22.4. The summed E-state index contributed by atoms with van der Waals surface area (Å²) < 4.78 is 19.2. The molecule has 0 aliphatic rings. The third-order valence-corrected chi connectivity index (χ3v) is 3.49. The predicted molar refractivity (Wildman–Crippen MR) is 95.2 cm³/mol. The van der Waals surface area contributed by atoms with Gasteiger partial charge in [-0.15, -0.1) is 0 Å². The summed E-state index contributed by atoms with van der Waals surface area (Å²) in [5.74, 6) is 1.07. The van der Waals surface area contributed by atoms with Gasteiger partial charge in [-0.3, -0.25) is 0 Å². The number of benzene rings is 3. The summed E-state index contributed by atoms with van der Waals surface area (Å²) in [4.78, 5) is 11.9. The van der Waals surface area contributed by atoms with Gasteiger partial charge in [-0.2, -0.15) is 0 Å². The zero-order valence-electron chi connectivity index (χ0n) is 13.4. The third-order valence-electron chi connectivity index (χ3n) is 3.49. The lowest BCUT2D eigenvalue weighted by molar-refractivity contribution is 0.251. The quantitative estimate of drug-likeness (QED) is 0.693. The van der Waals surface area contributed by atoms with Crippen molar-refractivity contribution in [2.24, 2.45) is 0 Å². The first-order valence-electron chi connectivity index (χ1n) is 7.82. The topological polar surface area (TPSA) is 50.4 Å². The molecule has 0 aliphatic heterocycles. The molecule has 3 aromatic carbocycles. The first-order valence-corrected chi connectivity index (χ1v) is 7.82. The van der Waals surface area contributed by atoms with Crippen LogP contribution < -0.4 is 15.4 Å². The van der Waals surface area contributed by atoms with E-state index in [0.29, 0.717) is 17.0 Å². The third kappa shape index (κ3) is 4.81. The molecule has 3 aromatic rings. The summed E-state index contributed by atoms with van der Waals surface area (Å²) in [5, 5.41) is 5.32. The molecule has 0 heterocycles. The van der Waals surface area contributed by atoms with E-state index in [-0.39, 0.29) is 12.4 Å². The number of amides is 2. The number of rotatable bonds is 5. The van der Waals surface area contributed by atoms with Gasteiger partial charge in [0.05, 0.1) is 0 Å². The van der Waals surface area contributed by atoms with Crippen LogP contribution in [-0.2, 0) is 6.54 Å². The second-order valence-corrected chi connectivity index (χ2v) is 5.34. The number of carbonyl (C=O) groups is 1. The van der Waals surface area contributed by atoms with Crippen molar-refractivity contribution >= 4 is 11.7 Å². The Hall–Kier alpha value is -3.34. The Bertz CT molecular complexity index is 836. The van der Waals surface area contributed by atoms with Gasteiger partial charge >= 0.3 is 6.03 Å². The van der Waals surface area contributed by atoms with E-state index in [9.17, 15) is 9.18 Å². The van der Waals surface area contributed by atoms with Gasteiger partial charge in [-0.05, 0) is 42.5 Å². The summed E-state index contributed by atoms with van der Waals surface area (Å²) in [6.45, 7) is 0.119. The number of nitrogens with one attached hydrogen (secondary N) is 2. The maximum atomic E-state index is 13.5. The highest BCUT2D eigenvalue weighted by molar-refractivity contribution is 5.89. The highest BCUT2D eigenvalue weighted by Gasteiger charge is 2.05. The summed E-state index contributed by atoms with van der Waals surface area (Å²) >= 11 is 0. The fourth-order valence-electron chi connectivity index (χ4n) is 2.22. The SMILES string of the molecule is O=C(NCc1ccccc1F)Nc1ccc(Oc2ccccc2)cc1. The molecule has 5 heteroatoms. The lowest BCUT2D eigenvalue weighted by Gasteiger charge is -2.09. The molecule has 126 valence electrons. The molecule has 0 aliphatic carbocycles. The van der Waals surface area contributed by atoms with Gasteiger partial charge in [0.25, 0.3) is 0 Å². The van der Waals surface area contributed by atoms with Crippen molar-refractivity contribution in [2.75, 3.05) is 5.32 Å². The Labute approximate surface area is 145 Å². The van der Waals surface area contributed by atoms with Crippen LogP contribution in [0, 0.1) is 5.82 Å². The van der Waals surface area contributed by atoms with Gasteiger partial charge in [0, 0.05) is 17.8 Å². The molecule has 0 bridgehead atoms. The van der Waals surface area contributed by atoms with Crippen molar-refractivity contribution < 1.29 is 13.9 Å². The Morgan fingerprint density at radius 1 is 0.840 bits per heavy atom. The van der Waals surface area contributed by atoms with Crippen molar-refractivity contribution in [3.8, 4) is 11.5 Å². The average molecular weight is 336 g/mol. The molecule has 0 radical (unpaired) electrons. The summed E-state index contributed by atoms with van der Waals surface area (Å²) in [5.41, 5.74) is 1.05. The molecule has 0 spiro atoms. The monoisotopic (exact) mass is 336 g/mol. The number of carbonyl (C=O) groups excluding carboxylic acids is 1. The molecule has 3 rings (SSSR count). The van der Waals surface area contributed by atoms with E-state index < -0.39 is 6.03 Å². The van der Waals surface area contributed by atoms with E-state index >= 15 is 0 Å². The number of hydrogen-bond donors (Lipinski definition) is 2. The molecular formula is C20H17FN2O2. The standard InChI is InChI=1S/C20H17FN2O2/c21-19-9-5-4-6-15(19)14-22-20(24)23-16-10-12-18(13-11-16)25-17-7-2-1-3-8-17/h1-13H,14H2,(H2,22,23,24). The molecule has 0 saturated carbocycles. The number of hydrogen-bond acceptors (Lipinski definition) is 2. The molecule has 2 amide bonds. The van der Waals surface area contributed by atoms with Gasteiger partial charge in [0.2, 0.25) is 0 Å². The van der Waals surface area contributed by atoms with Crippen LogP contribution in [0.15, 0.2) is 78.9 Å². The fraction of sp³-hybridized carbons (Fsp3) is 0.0500. The maximum Gasteiger partial charge on any atom is 0.319 e. The molecule has 4 nitrogen and oxygen atoms in total. The lowest BCUT2D eigenvalue weighted by Crippen LogP contribution is -2.28. The summed E-state index contributed by atoms with van der Waals surface area (Å²) in [7, 11) is 0. The number of ether oxygens (including phenoxy) is 1. The highest BCUT2D eigenvalue weighted by Crippen LogP contribution is 2.22. The first-order chi connectivity index (χ1) is 12.2. The normalized spacial score (nSPS) is 10.1. The van der Waals surface area contributed by atoms with Gasteiger partial charge in [-0.1, -0.05) is 36.4 Å². The van der Waals surface area contributed by atoms with Crippen LogP contribution in [0.4, 0.5) is 14.9 Å². The smallest absolute Gasteiger partial charge is 0.319 e. The van der Waals surface area contributed by atoms with Crippen LogP contribution in [0.2, 0.25) is 0 Å².